The molecule has 0 amide bonds. The fourth-order valence-corrected chi connectivity index (χ4v) is 5.76. The first kappa shape index (κ1) is 37.4. The Bertz CT molecular complexity index is 1690. The zero-order chi connectivity index (χ0) is 32.9. The molecule has 0 spiro atoms. The standard InChI is InChI=1S/C28H29N2OS.2C7H7.Zr/c1-18(2)21-14-10-15-22(19(3)4)27(21)30-26(20-11-6-5-7-12-20)28-29-24(17-32-28)23-13-8-9-16-25(23)31;2*1-7-5-3-2-4-6-7;/h5-19,26,31H,1-4H3;2*2-6H,1H2;/q3*-1;+2. The van der Waals surface area contributed by atoms with Crippen molar-refractivity contribution in [3.05, 3.63) is 191 Å². The van der Waals surface area contributed by atoms with Crippen molar-refractivity contribution in [2.75, 3.05) is 0 Å². The molecule has 1 aromatic heterocycles. The van der Waals surface area contributed by atoms with Gasteiger partial charge in [-0.05, 0) is 30.0 Å². The summed E-state index contributed by atoms with van der Waals surface area (Å²) in [5, 5.41) is 18.6. The molecule has 0 aliphatic carbocycles. The summed E-state index contributed by atoms with van der Waals surface area (Å²) in [7, 11) is 0. The molecule has 1 N–H and O–H groups in total. The van der Waals surface area contributed by atoms with Crippen LogP contribution in [0, 0.1) is 13.8 Å². The van der Waals surface area contributed by atoms with Crippen LogP contribution in [0.5, 0.6) is 5.75 Å². The van der Waals surface area contributed by atoms with E-state index in [0.29, 0.717) is 11.8 Å². The average Bonchev–Trinajstić information content (AvgIpc) is 3.55. The van der Waals surface area contributed by atoms with E-state index in [4.69, 9.17) is 10.3 Å². The molecule has 0 bridgehead atoms. The van der Waals surface area contributed by atoms with Crippen molar-refractivity contribution in [3.63, 3.8) is 0 Å². The Morgan fingerprint density at radius 3 is 1.53 bits per heavy atom. The molecule has 0 fully saturated rings. The molecular weight excluding hydrogens is 672 g/mol. The van der Waals surface area contributed by atoms with Gasteiger partial charge >= 0.3 is 26.2 Å². The number of hydrogen-bond acceptors (Lipinski definition) is 3. The number of phenols is 1. The van der Waals surface area contributed by atoms with Gasteiger partial charge in [-0.3, -0.25) is 0 Å². The van der Waals surface area contributed by atoms with E-state index in [2.05, 4.69) is 71.9 Å². The van der Waals surface area contributed by atoms with E-state index in [-0.39, 0.29) is 38.0 Å². The predicted molar refractivity (Wildman–Crippen MR) is 197 cm³/mol. The number of nitrogens with zero attached hydrogens (tertiary/aromatic N) is 2. The molecule has 3 nitrogen and oxygen atoms in total. The maximum Gasteiger partial charge on any atom is 2.00 e. The Kier molecular flexibility index (Phi) is 15.1. The van der Waals surface area contributed by atoms with Gasteiger partial charge in [0.15, 0.2) is 0 Å². The van der Waals surface area contributed by atoms with Gasteiger partial charge in [-0.2, -0.15) is 49.2 Å². The van der Waals surface area contributed by atoms with E-state index in [1.54, 1.807) is 17.4 Å². The van der Waals surface area contributed by atoms with Gasteiger partial charge in [-0.15, -0.1) is 41.3 Å². The largest absolute Gasteiger partial charge is 2.00 e. The summed E-state index contributed by atoms with van der Waals surface area (Å²) in [4.78, 5) is 4.93. The first-order valence-corrected chi connectivity index (χ1v) is 16.5. The van der Waals surface area contributed by atoms with Crippen LogP contribution in [0.25, 0.3) is 16.6 Å². The van der Waals surface area contributed by atoms with Gasteiger partial charge in [0.2, 0.25) is 0 Å². The minimum atomic E-state index is -0.210. The fraction of sp³-hybridized carbons (Fsp3) is 0.167. The van der Waals surface area contributed by atoms with Crippen LogP contribution in [-0.2, 0) is 26.2 Å². The fourth-order valence-electron chi connectivity index (χ4n) is 4.88. The smallest absolute Gasteiger partial charge is 0.672 e. The Morgan fingerprint density at radius 2 is 1.09 bits per heavy atom. The van der Waals surface area contributed by atoms with Gasteiger partial charge in [0, 0.05) is 10.9 Å². The van der Waals surface area contributed by atoms with E-state index in [9.17, 15) is 5.11 Å². The van der Waals surface area contributed by atoms with Crippen LogP contribution in [0.3, 0.4) is 0 Å². The summed E-state index contributed by atoms with van der Waals surface area (Å²) in [6.07, 6.45) is 0. The molecule has 238 valence electrons. The van der Waals surface area contributed by atoms with Crippen LogP contribution in [0.1, 0.15) is 78.4 Å². The van der Waals surface area contributed by atoms with E-state index >= 15 is 0 Å². The summed E-state index contributed by atoms with van der Waals surface area (Å²) in [5.41, 5.74) is 8.37. The van der Waals surface area contributed by atoms with Crippen LogP contribution >= 0.6 is 11.3 Å². The second-order valence-corrected chi connectivity index (χ2v) is 12.5. The van der Waals surface area contributed by atoms with Crippen LogP contribution < -0.4 is 0 Å². The maximum absolute atomic E-state index is 10.3. The molecule has 1 unspecified atom stereocenters. The predicted octanol–water partition coefficient (Wildman–Crippen LogP) is 12.3. The molecule has 0 saturated heterocycles. The summed E-state index contributed by atoms with van der Waals surface area (Å²) < 4.78 is 0. The number of para-hydroxylation sites is 2. The Balaban J connectivity index is 0.000000329. The van der Waals surface area contributed by atoms with Gasteiger partial charge in [0.1, 0.15) is 5.75 Å². The number of thiazole rings is 1. The minimum absolute atomic E-state index is 0. The van der Waals surface area contributed by atoms with E-state index in [1.807, 2.05) is 102 Å². The maximum atomic E-state index is 10.3. The van der Waals surface area contributed by atoms with E-state index < -0.39 is 0 Å². The number of phenolic OH excluding ortho intramolecular Hbond substituents is 1. The zero-order valence-corrected chi connectivity index (χ0v) is 30.9. The monoisotopic (exact) mass is 713 g/mol. The Morgan fingerprint density at radius 1 is 0.617 bits per heavy atom. The molecule has 6 rings (SSSR count). The minimum Gasteiger partial charge on any atom is -0.672 e. The van der Waals surface area contributed by atoms with Crippen LogP contribution in [0.2, 0.25) is 0 Å². The van der Waals surface area contributed by atoms with Crippen molar-refractivity contribution in [3.8, 4) is 17.0 Å². The van der Waals surface area contributed by atoms with E-state index in [1.165, 1.54) is 11.1 Å². The van der Waals surface area contributed by atoms with Crippen molar-refractivity contribution >= 4 is 17.0 Å². The summed E-state index contributed by atoms with van der Waals surface area (Å²) in [6, 6.07) is 43.7. The Labute approximate surface area is 304 Å². The first-order chi connectivity index (χ1) is 22.2. The van der Waals surface area contributed by atoms with Crippen molar-refractivity contribution in [2.45, 2.75) is 45.6 Å². The number of rotatable bonds is 7. The third-order valence-electron chi connectivity index (χ3n) is 7.34. The van der Waals surface area contributed by atoms with Crippen molar-refractivity contribution in [1.82, 2.24) is 4.98 Å². The summed E-state index contributed by atoms with van der Waals surface area (Å²) >= 11 is 1.59. The van der Waals surface area contributed by atoms with Crippen LogP contribution in [0.4, 0.5) is 5.69 Å². The number of aromatic nitrogens is 1. The van der Waals surface area contributed by atoms with Gasteiger partial charge in [-0.1, -0.05) is 117 Å². The molecule has 47 heavy (non-hydrogen) atoms. The van der Waals surface area contributed by atoms with Crippen LogP contribution in [-0.4, -0.2) is 10.1 Å². The number of benzene rings is 5. The molecule has 5 heteroatoms. The summed E-state index contributed by atoms with van der Waals surface area (Å²) in [6.45, 7) is 16.3. The molecule has 6 aromatic rings. The Hall–Kier alpha value is -4.05. The molecule has 0 saturated carbocycles. The van der Waals surface area contributed by atoms with Crippen molar-refractivity contribution < 1.29 is 31.3 Å². The SMILES string of the molecule is CC(C)c1cccc(C(C)C)c1[N-]C(c1ccccc1)c1nc(-c2ccccc2O)cs1.[CH2-]c1ccccc1.[CH2-]c1ccccc1.[Zr+2]. The normalized spacial score (nSPS) is 10.9. The van der Waals surface area contributed by atoms with Crippen molar-refractivity contribution in [2.24, 2.45) is 0 Å². The van der Waals surface area contributed by atoms with Gasteiger partial charge in [0.05, 0.1) is 10.7 Å². The van der Waals surface area contributed by atoms with Gasteiger partial charge in [-0.25, -0.2) is 4.98 Å². The summed E-state index contributed by atoms with van der Waals surface area (Å²) in [5.74, 6) is 0.985. The second kappa shape index (κ2) is 18.9. The van der Waals surface area contributed by atoms with E-state index in [0.717, 1.165) is 38.6 Å². The van der Waals surface area contributed by atoms with Gasteiger partial charge < -0.3 is 10.4 Å². The third kappa shape index (κ3) is 11.0. The second-order valence-electron chi connectivity index (χ2n) is 11.6. The quantitative estimate of drug-likeness (QED) is 0.167. The molecule has 5 aromatic carbocycles. The number of aromatic hydroxyl groups is 1. The molecule has 0 aliphatic rings. The topological polar surface area (TPSA) is 47.2 Å². The average molecular weight is 715 g/mol. The third-order valence-corrected chi connectivity index (χ3v) is 8.23. The van der Waals surface area contributed by atoms with Crippen LogP contribution in [0.15, 0.2) is 139 Å². The molecule has 0 radical (unpaired) electrons. The first-order valence-electron chi connectivity index (χ1n) is 15.6. The molecule has 0 aliphatic heterocycles. The molecule has 1 atom stereocenters. The number of hydrogen-bond donors (Lipinski definition) is 1. The molecule has 1 heterocycles. The molecular formula is C42H43N2OSZr-. The van der Waals surface area contributed by atoms with Crippen molar-refractivity contribution in [1.29, 1.82) is 0 Å². The van der Waals surface area contributed by atoms with Gasteiger partial charge in [0.25, 0.3) is 0 Å². The zero-order valence-electron chi connectivity index (χ0n) is 27.7.